The molecule has 0 radical (unpaired) electrons. The summed E-state index contributed by atoms with van der Waals surface area (Å²) >= 11 is 0. The lowest BCUT2D eigenvalue weighted by Gasteiger charge is -2.29. The van der Waals surface area contributed by atoms with Crippen LogP contribution in [0.15, 0.2) is 24.3 Å². The van der Waals surface area contributed by atoms with E-state index in [1.165, 1.54) is 0 Å². The molecule has 0 aliphatic carbocycles. The SMILES string of the molecule is CC(C)n1c([C@H](C)NC(=O)[C@H]2CCN(C)C(=O)C2)nc2ccccc21. The largest absolute Gasteiger partial charge is 0.346 e. The van der Waals surface area contributed by atoms with Gasteiger partial charge in [-0.2, -0.15) is 0 Å². The van der Waals surface area contributed by atoms with Gasteiger partial charge in [-0.15, -0.1) is 0 Å². The van der Waals surface area contributed by atoms with Crippen molar-refractivity contribution < 1.29 is 9.59 Å². The molecule has 0 spiro atoms. The Morgan fingerprint density at radius 2 is 2.00 bits per heavy atom. The summed E-state index contributed by atoms with van der Waals surface area (Å²) in [6.07, 6.45) is 0.997. The third-order valence-corrected chi connectivity index (χ3v) is 4.92. The van der Waals surface area contributed by atoms with E-state index in [9.17, 15) is 9.59 Å². The van der Waals surface area contributed by atoms with Gasteiger partial charge in [-0.1, -0.05) is 12.1 Å². The van der Waals surface area contributed by atoms with E-state index in [1.54, 1.807) is 11.9 Å². The van der Waals surface area contributed by atoms with E-state index < -0.39 is 0 Å². The van der Waals surface area contributed by atoms with E-state index in [0.717, 1.165) is 16.9 Å². The maximum absolute atomic E-state index is 12.6. The quantitative estimate of drug-likeness (QED) is 0.929. The highest BCUT2D eigenvalue weighted by atomic mass is 16.2. The van der Waals surface area contributed by atoms with Crippen LogP contribution in [0.2, 0.25) is 0 Å². The second-order valence-corrected chi connectivity index (χ2v) is 7.16. The third kappa shape index (κ3) is 3.38. The van der Waals surface area contributed by atoms with Crippen molar-refractivity contribution in [1.82, 2.24) is 19.8 Å². The van der Waals surface area contributed by atoms with E-state index in [4.69, 9.17) is 4.98 Å². The molecule has 1 aromatic heterocycles. The van der Waals surface area contributed by atoms with Crippen molar-refractivity contribution in [3.05, 3.63) is 30.1 Å². The number of para-hydroxylation sites is 2. The average Bonchev–Trinajstić information content (AvgIpc) is 2.97. The van der Waals surface area contributed by atoms with Crippen LogP contribution in [-0.2, 0) is 9.59 Å². The Hall–Kier alpha value is -2.37. The molecule has 1 saturated heterocycles. The molecule has 2 amide bonds. The van der Waals surface area contributed by atoms with Crippen molar-refractivity contribution >= 4 is 22.8 Å². The molecular formula is C19H26N4O2. The van der Waals surface area contributed by atoms with Crippen molar-refractivity contribution in [1.29, 1.82) is 0 Å². The van der Waals surface area contributed by atoms with E-state index in [0.29, 0.717) is 13.0 Å². The first-order chi connectivity index (χ1) is 11.9. The number of rotatable bonds is 4. The maximum Gasteiger partial charge on any atom is 0.224 e. The summed E-state index contributed by atoms with van der Waals surface area (Å²) in [5.41, 5.74) is 2.00. The van der Waals surface area contributed by atoms with Crippen molar-refractivity contribution in [3.8, 4) is 0 Å². The molecule has 2 aromatic rings. The zero-order chi connectivity index (χ0) is 18.1. The van der Waals surface area contributed by atoms with Gasteiger partial charge < -0.3 is 14.8 Å². The molecule has 1 N–H and O–H groups in total. The van der Waals surface area contributed by atoms with Crippen LogP contribution in [0.1, 0.15) is 51.5 Å². The predicted molar refractivity (Wildman–Crippen MR) is 97.0 cm³/mol. The summed E-state index contributed by atoms with van der Waals surface area (Å²) in [5, 5.41) is 3.06. The van der Waals surface area contributed by atoms with E-state index >= 15 is 0 Å². The Labute approximate surface area is 148 Å². The molecule has 2 heterocycles. The summed E-state index contributed by atoms with van der Waals surface area (Å²) in [7, 11) is 1.78. The van der Waals surface area contributed by atoms with Crippen molar-refractivity contribution in [2.24, 2.45) is 5.92 Å². The Morgan fingerprint density at radius 3 is 2.68 bits per heavy atom. The number of hydrogen-bond acceptors (Lipinski definition) is 3. The lowest BCUT2D eigenvalue weighted by molar-refractivity contribution is -0.139. The van der Waals surface area contributed by atoms with Gasteiger partial charge in [0, 0.05) is 32.0 Å². The summed E-state index contributed by atoms with van der Waals surface area (Å²) < 4.78 is 2.17. The van der Waals surface area contributed by atoms with Crippen molar-refractivity contribution in [2.75, 3.05) is 13.6 Å². The van der Waals surface area contributed by atoms with E-state index in [2.05, 4.69) is 29.8 Å². The molecule has 6 heteroatoms. The van der Waals surface area contributed by atoms with E-state index in [-0.39, 0.29) is 36.2 Å². The molecule has 2 atom stereocenters. The van der Waals surface area contributed by atoms with Gasteiger partial charge in [-0.05, 0) is 39.3 Å². The highest BCUT2D eigenvalue weighted by molar-refractivity contribution is 5.87. The van der Waals surface area contributed by atoms with Crippen molar-refractivity contribution in [3.63, 3.8) is 0 Å². The normalized spacial score (nSPS) is 19.5. The number of amides is 2. The second-order valence-electron chi connectivity index (χ2n) is 7.16. The fraction of sp³-hybridized carbons (Fsp3) is 0.526. The van der Waals surface area contributed by atoms with Crippen LogP contribution in [0.3, 0.4) is 0 Å². The number of benzene rings is 1. The average molecular weight is 342 g/mol. The number of carbonyl (C=O) groups is 2. The fourth-order valence-electron chi connectivity index (χ4n) is 3.47. The molecule has 1 aliphatic rings. The molecular weight excluding hydrogens is 316 g/mol. The smallest absolute Gasteiger partial charge is 0.224 e. The first-order valence-electron chi connectivity index (χ1n) is 8.89. The van der Waals surface area contributed by atoms with Gasteiger partial charge in [0.25, 0.3) is 0 Å². The third-order valence-electron chi connectivity index (χ3n) is 4.92. The number of nitrogens with one attached hydrogen (secondary N) is 1. The maximum atomic E-state index is 12.6. The van der Waals surface area contributed by atoms with Gasteiger partial charge in [-0.3, -0.25) is 9.59 Å². The van der Waals surface area contributed by atoms with Crippen LogP contribution in [-0.4, -0.2) is 39.9 Å². The fourth-order valence-corrected chi connectivity index (χ4v) is 3.47. The summed E-state index contributed by atoms with van der Waals surface area (Å²) in [4.78, 5) is 30.9. The Morgan fingerprint density at radius 1 is 1.28 bits per heavy atom. The van der Waals surface area contributed by atoms with Crippen LogP contribution in [0.4, 0.5) is 0 Å². The highest BCUT2D eigenvalue weighted by Gasteiger charge is 2.30. The highest BCUT2D eigenvalue weighted by Crippen LogP contribution is 2.26. The zero-order valence-corrected chi connectivity index (χ0v) is 15.3. The van der Waals surface area contributed by atoms with Gasteiger partial charge in [0.1, 0.15) is 5.82 Å². The number of likely N-dealkylation sites (tertiary alicyclic amines) is 1. The number of carbonyl (C=O) groups excluding carboxylic acids is 2. The van der Waals surface area contributed by atoms with Crippen LogP contribution in [0.5, 0.6) is 0 Å². The molecule has 1 fully saturated rings. The molecule has 25 heavy (non-hydrogen) atoms. The predicted octanol–water partition coefficient (Wildman–Crippen LogP) is 2.66. The lowest BCUT2D eigenvalue weighted by atomic mass is 9.95. The molecule has 0 bridgehead atoms. The number of hydrogen-bond donors (Lipinski definition) is 1. The molecule has 0 unspecified atom stereocenters. The first kappa shape index (κ1) is 17.5. The van der Waals surface area contributed by atoms with Crippen LogP contribution in [0.25, 0.3) is 11.0 Å². The number of nitrogens with zero attached hydrogens (tertiary/aromatic N) is 3. The topological polar surface area (TPSA) is 67.2 Å². The second kappa shape index (κ2) is 6.86. The number of aromatic nitrogens is 2. The Balaban J connectivity index is 1.80. The summed E-state index contributed by atoms with van der Waals surface area (Å²) in [5.74, 6) is 0.580. The van der Waals surface area contributed by atoms with Crippen molar-refractivity contribution in [2.45, 2.75) is 45.7 Å². The minimum atomic E-state index is -0.247. The van der Waals surface area contributed by atoms with Gasteiger partial charge in [0.2, 0.25) is 11.8 Å². The number of imidazole rings is 1. The standard InChI is InChI=1S/C19H26N4O2/c1-12(2)23-16-8-6-5-7-15(16)21-18(23)13(3)20-19(25)14-9-10-22(4)17(24)11-14/h5-8,12-14H,9-11H2,1-4H3,(H,20,25)/t13-,14-/m0/s1. The van der Waals surface area contributed by atoms with Crippen LogP contribution >= 0.6 is 0 Å². The molecule has 0 saturated carbocycles. The molecule has 6 nitrogen and oxygen atoms in total. The first-order valence-corrected chi connectivity index (χ1v) is 8.89. The monoisotopic (exact) mass is 342 g/mol. The Kier molecular flexibility index (Phi) is 4.79. The molecule has 1 aliphatic heterocycles. The number of piperidine rings is 1. The summed E-state index contributed by atoms with van der Waals surface area (Å²) in [6.45, 7) is 6.81. The van der Waals surface area contributed by atoms with Crippen LogP contribution < -0.4 is 5.32 Å². The number of fused-ring (bicyclic) bond motifs is 1. The summed E-state index contributed by atoms with van der Waals surface area (Å²) in [6, 6.07) is 8.04. The zero-order valence-electron chi connectivity index (χ0n) is 15.3. The molecule has 134 valence electrons. The lowest BCUT2D eigenvalue weighted by Crippen LogP contribution is -2.42. The molecule has 1 aromatic carbocycles. The van der Waals surface area contributed by atoms with Crippen LogP contribution in [0, 0.1) is 5.92 Å². The van der Waals surface area contributed by atoms with E-state index in [1.807, 2.05) is 25.1 Å². The van der Waals surface area contributed by atoms with Gasteiger partial charge >= 0.3 is 0 Å². The van der Waals surface area contributed by atoms with Gasteiger partial charge in [0.05, 0.1) is 17.1 Å². The Bertz CT molecular complexity index is 796. The molecule has 3 rings (SSSR count). The van der Waals surface area contributed by atoms with Gasteiger partial charge in [-0.25, -0.2) is 4.98 Å². The van der Waals surface area contributed by atoms with Gasteiger partial charge in [0.15, 0.2) is 0 Å². The minimum Gasteiger partial charge on any atom is -0.346 e. The minimum absolute atomic E-state index is 0.0356.